The summed E-state index contributed by atoms with van der Waals surface area (Å²) in [4.78, 5) is 11.7. The second-order valence-corrected chi connectivity index (χ2v) is 6.18. The molecule has 0 fully saturated rings. The lowest BCUT2D eigenvalue weighted by Gasteiger charge is -2.27. The Morgan fingerprint density at radius 1 is 1.26 bits per heavy atom. The second-order valence-electron chi connectivity index (χ2n) is 6.18. The molecule has 130 valence electrons. The topological polar surface area (TPSA) is 84.6 Å². The van der Waals surface area contributed by atoms with E-state index < -0.39 is 30.0 Å². The zero-order chi connectivity index (χ0) is 17.8. The van der Waals surface area contributed by atoms with E-state index in [-0.39, 0.29) is 6.42 Å². The third-order valence-corrected chi connectivity index (χ3v) is 2.85. The molecule has 0 aliphatic rings. The number of nitrogens with one attached hydrogen (secondary N) is 1. The van der Waals surface area contributed by atoms with Crippen LogP contribution in [0.15, 0.2) is 24.3 Å². The van der Waals surface area contributed by atoms with Gasteiger partial charge in [-0.05, 0) is 44.9 Å². The summed E-state index contributed by atoms with van der Waals surface area (Å²) < 4.78 is 43.3. The van der Waals surface area contributed by atoms with Gasteiger partial charge in [-0.3, -0.25) is 0 Å². The first-order valence-corrected chi connectivity index (χ1v) is 6.97. The molecule has 0 saturated carbocycles. The summed E-state index contributed by atoms with van der Waals surface area (Å²) in [5.41, 5.74) is 5.60. The number of nitrogen functional groups attached to an aromatic ring is 1. The van der Waals surface area contributed by atoms with Gasteiger partial charge in [-0.1, -0.05) is 12.1 Å². The average Bonchev–Trinajstić information content (AvgIpc) is 2.36. The van der Waals surface area contributed by atoms with E-state index in [0.717, 1.165) is 0 Å². The zero-order valence-electron chi connectivity index (χ0n) is 13.1. The Morgan fingerprint density at radius 3 is 2.22 bits per heavy atom. The van der Waals surface area contributed by atoms with Crippen molar-refractivity contribution >= 4 is 11.8 Å². The first kappa shape index (κ1) is 19.1. The average molecular weight is 334 g/mol. The Balaban J connectivity index is 2.89. The number of hydrogen-bond acceptors (Lipinski definition) is 4. The summed E-state index contributed by atoms with van der Waals surface area (Å²) in [7, 11) is 0. The summed E-state index contributed by atoms with van der Waals surface area (Å²) in [6, 6.07) is 4.54. The Hall–Kier alpha value is -1.96. The molecule has 0 bridgehead atoms. The van der Waals surface area contributed by atoms with E-state index >= 15 is 0 Å². The van der Waals surface area contributed by atoms with Crippen LogP contribution < -0.4 is 11.1 Å². The summed E-state index contributed by atoms with van der Waals surface area (Å²) in [5.74, 6) is 0. The molecule has 1 amide bonds. The van der Waals surface area contributed by atoms with Gasteiger partial charge < -0.3 is 20.9 Å². The fourth-order valence-electron chi connectivity index (χ4n) is 1.84. The standard InChI is InChI=1S/C15H21F3N2O3/c1-14(2,3)23-13(22)20-11(12(21)15(16,17)18)8-9-4-6-10(19)7-5-9/h4-7,11-12,21H,8,19H2,1-3H3,(H,20,22). The number of ether oxygens (including phenoxy) is 1. The van der Waals surface area contributed by atoms with Gasteiger partial charge in [-0.2, -0.15) is 13.2 Å². The number of aliphatic hydroxyl groups excluding tert-OH is 1. The van der Waals surface area contributed by atoms with Crippen molar-refractivity contribution in [2.75, 3.05) is 5.73 Å². The van der Waals surface area contributed by atoms with Gasteiger partial charge in [0.1, 0.15) is 5.60 Å². The Kier molecular flexibility index (Phi) is 5.87. The molecule has 0 aliphatic carbocycles. The number of rotatable bonds is 4. The van der Waals surface area contributed by atoms with Crippen LogP contribution in [0.5, 0.6) is 0 Å². The molecule has 0 radical (unpaired) electrons. The number of alkyl carbamates (subject to hydrolysis) is 1. The van der Waals surface area contributed by atoms with Gasteiger partial charge in [-0.25, -0.2) is 4.79 Å². The van der Waals surface area contributed by atoms with Gasteiger partial charge >= 0.3 is 12.3 Å². The maximum atomic E-state index is 12.8. The van der Waals surface area contributed by atoms with Crippen molar-refractivity contribution in [1.29, 1.82) is 0 Å². The lowest BCUT2D eigenvalue weighted by molar-refractivity contribution is -0.211. The minimum absolute atomic E-state index is 0.222. The SMILES string of the molecule is CC(C)(C)OC(=O)NC(Cc1ccc(N)cc1)C(O)C(F)(F)F. The van der Waals surface area contributed by atoms with Crippen LogP contribution >= 0.6 is 0 Å². The number of carbonyl (C=O) groups is 1. The predicted molar refractivity (Wildman–Crippen MR) is 79.8 cm³/mol. The number of anilines is 1. The Bertz CT molecular complexity index is 524. The molecule has 8 heteroatoms. The van der Waals surface area contributed by atoms with Crippen LogP contribution in [0.4, 0.5) is 23.7 Å². The normalized spacial score (nSPS) is 14.9. The molecular weight excluding hydrogens is 313 g/mol. The highest BCUT2D eigenvalue weighted by Gasteiger charge is 2.44. The molecule has 4 N–H and O–H groups in total. The minimum atomic E-state index is -4.87. The second kappa shape index (κ2) is 7.08. The molecule has 0 saturated heterocycles. The number of benzene rings is 1. The van der Waals surface area contributed by atoms with E-state index in [1.54, 1.807) is 20.8 Å². The van der Waals surface area contributed by atoms with Crippen LogP contribution in [0.25, 0.3) is 0 Å². The van der Waals surface area contributed by atoms with E-state index in [9.17, 15) is 23.1 Å². The van der Waals surface area contributed by atoms with Crippen LogP contribution in [0.1, 0.15) is 26.3 Å². The molecule has 2 unspecified atom stereocenters. The molecular formula is C15H21F3N2O3. The monoisotopic (exact) mass is 334 g/mol. The third-order valence-electron chi connectivity index (χ3n) is 2.85. The number of carbonyl (C=O) groups excluding carboxylic acids is 1. The summed E-state index contributed by atoms with van der Waals surface area (Å²) in [6.07, 6.45) is -8.83. The molecule has 1 aromatic rings. The molecule has 0 aromatic heterocycles. The molecule has 5 nitrogen and oxygen atoms in total. The van der Waals surface area contributed by atoms with Crippen LogP contribution in [-0.2, 0) is 11.2 Å². The lowest BCUT2D eigenvalue weighted by atomic mass is 10.0. The number of alkyl halides is 3. The van der Waals surface area contributed by atoms with E-state index in [0.29, 0.717) is 11.3 Å². The van der Waals surface area contributed by atoms with Crippen LogP contribution in [0.2, 0.25) is 0 Å². The maximum Gasteiger partial charge on any atom is 0.416 e. The largest absolute Gasteiger partial charge is 0.444 e. The number of aliphatic hydroxyl groups is 1. The highest BCUT2D eigenvalue weighted by atomic mass is 19.4. The van der Waals surface area contributed by atoms with Gasteiger partial charge in [0.15, 0.2) is 6.10 Å². The van der Waals surface area contributed by atoms with Crippen LogP contribution in [-0.4, -0.2) is 35.1 Å². The van der Waals surface area contributed by atoms with Gasteiger partial charge in [0.2, 0.25) is 0 Å². The molecule has 1 rings (SSSR count). The van der Waals surface area contributed by atoms with E-state index in [1.807, 2.05) is 0 Å². The smallest absolute Gasteiger partial charge is 0.416 e. The Morgan fingerprint density at radius 2 is 1.78 bits per heavy atom. The third kappa shape index (κ3) is 6.77. The summed E-state index contributed by atoms with van der Waals surface area (Å²) in [5, 5.41) is 11.6. The van der Waals surface area contributed by atoms with Gasteiger partial charge in [0.25, 0.3) is 0 Å². The molecule has 0 aliphatic heterocycles. The predicted octanol–water partition coefficient (Wildman–Crippen LogP) is 2.63. The van der Waals surface area contributed by atoms with Gasteiger partial charge in [0, 0.05) is 5.69 Å². The molecule has 0 heterocycles. The van der Waals surface area contributed by atoms with Crippen molar-refractivity contribution in [1.82, 2.24) is 5.32 Å². The quantitative estimate of drug-likeness (QED) is 0.739. The highest BCUT2D eigenvalue weighted by molar-refractivity contribution is 5.68. The minimum Gasteiger partial charge on any atom is -0.444 e. The summed E-state index contributed by atoms with van der Waals surface area (Å²) in [6.45, 7) is 4.76. The maximum absolute atomic E-state index is 12.8. The van der Waals surface area contributed by atoms with Crippen molar-refractivity contribution in [2.24, 2.45) is 0 Å². The summed E-state index contributed by atoms with van der Waals surface area (Å²) >= 11 is 0. The van der Waals surface area contributed by atoms with Gasteiger partial charge in [-0.15, -0.1) is 0 Å². The number of amides is 1. The van der Waals surface area contributed by atoms with E-state index in [1.165, 1.54) is 24.3 Å². The zero-order valence-corrected chi connectivity index (χ0v) is 13.1. The molecule has 23 heavy (non-hydrogen) atoms. The first-order chi connectivity index (χ1) is 10.4. The van der Waals surface area contributed by atoms with Crippen molar-refractivity contribution in [3.8, 4) is 0 Å². The van der Waals surface area contributed by atoms with Crippen molar-refractivity contribution < 1.29 is 27.8 Å². The highest BCUT2D eigenvalue weighted by Crippen LogP contribution is 2.24. The van der Waals surface area contributed by atoms with Crippen molar-refractivity contribution in [3.63, 3.8) is 0 Å². The van der Waals surface area contributed by atoms with Crippen molar-refractivity contribution in [2.45, 2.75) is 51.1 Å². The first-order valence-electron chi connectivity index (χ1n) is 6.97. The van der Waals surface area contributed by atoms with Crippen LogP contribution in [0.3, 0.4) is 0 Å². The van der Waals surface area contributed by atoms with Gasteiger partial charge in [0.05, 0.1) is 6.04 Å². The van der Waals surface area contributed by atoms with E-state index in [4.69, 9.17) is 10.5 Å². The Labute approximate surface area is 132 Å². The molecule has 1 aromatic carbocycles. The lowest BCUT2D eigenvalue weighted by Crippen LogP contribution is -2.52. The van der Waals surface area contributed by atoms with Crippen molar-refractivity contribution in [3.05, 3.63) is 29.8 Å². The number of nitrogens with two attached hydrogens (primary N) is 1. The number of halogens is 3. The fraction of sp³-hybridized carbons (Fsp3) is 0.533. The number of hydrogen-bond donors (Lipinski definition) is 3. The van der Waals surface area contributed by atoms with E-state index in [2.05, 4.69) is 5.32 Å². The molecule has 0 spiro atoms. The van der Waals surface area contributed by atoms with Crippen LogP contribution in [0, 0.1) is 0 Å². The fourth-order valence-corrected chi connectivity index (χ4v) is 1.84. The molecule has 2 atom stereocenters.